The Hall–Kier alpha value is -1.58. The number of imidazole rings is 1. The smallest absolute Gasteiger partial charge is 0.137 e. The average Bonchev–Trinajstić information content (AvgIpc) is 2.71. The van der Waals surface area contributed by atoms with Crippen molar-refractivity contribution in [3.8, 4) is 11.3 Å². The molecular weight excluding hydrogens is 274 g/mol. The van der Waals surface area contributed by atoms with Gasteiger partial charge in [0.2, 0.25) is 0 Å². The van der Waals surface area contributed by atoms with Crippen molar-refractivity contribution in [2.75, 3.05) is 0 Å². The van der Waals surface area contributed by atoms with Crippen molar-refractivity contribution >= 4 is 28.8 Å². The maximum atomic E-state index is 13.8. The summed E-state index contributed by atoms with van der Waals surface area (Å²) >= 11 is 11.6. The second-order valence-electron chi connectivity index (χ2n) is 3.86. The van der Waals surface area contributed by atoms with E-state index in [1.165, 1.54) is 6.07 Å². The topological polar surface area (TPSA) is 17.3 Å². The first-order valence-electron chi connectivity index (χ1n) is 5.23. The van der Waals surface area contributed by atoms with Gasteiger partial charge in [-0.15, -0.1) is 0 Å². The van der Waals surface area contributed by atoms with Crippen LogP contribution in [0.5, 0.6) is 0 Å². The van der Waals surface area contributed by atoms with E-state index in [4.69, 9.17) is 23.2 Å². The SMILES string of the molecule is Fc1cc(Cl)ccc1-c1cn2cc(Cl)ccc2n1. The van der Waals surface area contributed by atoms with Crippen LogP contribution in [0.1, 0.15) is 0 Å². The highest BCUT2D eigenvalue weighted by Gasteiger charge is 2.09. The summed E-state index contributed by atoms with van der Waals surface area (Å²) in [5, 5.41) is 0.964. The molecule has 0 radical (unpaired) electrons. The Morgan fingerprint density at radius 1 is 1.00 bits per heavy atom. The van der Waals surface area contributed by atoms with Gasteiger partial charge in [0.05, 0.1) is 10.7 Å². The molecular formula is C13H7Cl2FN2. The fourth-order valence-corrected chi connectivity index (χ4v) is 2.12. The first kappa shape index (κ1) is 11.5. The van der Waals surface area contributed by atoms with Crippen LogP contribution < -0.4 is 0 Å². The van der Waals surface area contributed by atoms with E-state index < -0.39 is 5.82 Å². The number of benzene rings is 1. The lowest BCUT2D eigenvalue weighted by atomic mass is 10.1. The number of pyridine rings is 1. The Kier molecular flexibility index (Phi) is 2.73. The second kappa shape index (κ2) is 4.26. The predicted octanol–water partition coefficient (Wildman–Crippen LogP) is 4.45. The van der Waals surface area contributed by atoms with Crippen molar-refractivity contribution in [1.29, 1.82) is 0 Å². The summed E-state index contributed by atoms with van der Waals surface area (Å²) in [6.07, 6.45) is 3.45. The Balaban J connectivity index is 2.19. The van der Waals surface area contributed by atoms with Crippen molar-refractivity contribution in [2.24, 2.45) is 0 Å². The number of aromatic nitrogens is 2. The highest BCUT2D eigenvalue weighted by atomic mass is 35.5. The van der Waals surface area contributed by atoms with Crippen LogP contribution in [0.4, 0.5) is 4.39 Å². The van der Waals surface area contributed by atoms with Gasteiger partial charge in [-0.3, -0.25) is 0 Å². The third-order valence-electron chi connectivity index (χ3n) is 2.62. The summed E-state index contributed by atoms with van der Waals surface area (Å²) in [4.78, 5) is 4.34. The minimum atomic E-state index is -0.392. The van der Waals surface area contributed by atoms with Gasteiger partial charge >= 0.3 is 0 Å². The number of halogens is 3. The third kappa shape index (κ3) is 1.96. The summed E-state index contributed by atoms with van der Waals surface area (Å²) < 4.78 is 15.5. The van der Waals surface area contributed by atoms with Gasteiger partial charge in [-0.1, -0.05) is 23.2 Å². The molecule has 2 heterocycles. The van der Waals surface area contributed by atoms with Crippen molar-refractivity contribution in [2.45, 2.75) is 0 Å². The van der Waals surface area contributed by atoms with E-state index >= 15 is 0 Å². The fraction of sp³-hybridized carbons (Fsp3) is 0. The lowest BCUT2D eigenvalue weighted by Crippen LogP contribution is -1.83. The van der Waals surface area contributed by atoms with Crippen LogP contribution in [0.15, 0.2) is 42.7 Å². The average molecular weight is 281 g/mol. The molecule has 0 fully saturated rings. The van der Waals surface area contributed by atoms with Gasteiger partial charge in [0.25, 0.3) is 0 Å². The molecule has 0 saturated heterocycles. The molecule has 0 amide bonds. The fourth-order valence-electron chi connectivity index (χ4n) is 1.79. The monoisotopic (exact) mass is 280 g/mol. The quantitative estimate of drug-likeness (QED) is 0.644. The minimum Gasteiger partial charge on any atom is -0.305 e. The zero-order valence-electron chi connectivity index (χ0n) is 9.07. The summed E-state index contributed by atoms with van der Waals surface area (Å²) in [5.41, 5.74) is 1.68. The number of hydrogen-bond donors (Lipinski definition) is 0. The van der Waals surface area contributed by atoms with E-state index in [2.05, 4.69) is 4.98 Å². The van der Waals surface area contributed by atoms with E-state index in [1.807, 2.05) is 0 Å². The molecule has 0 atom stereocenters. The van der Waals surface area contributed by atoms with Gasteiger partial charge < -0.3 is 4.40 Å². The molecule has 0 aliphatic carbocycles. The largest absolute Gasteiger partial charge is 0.305 e. The Bertz CT molecular complexity index is 737. The van der Waals surface area contributed by atoms with Crippen LogP contribution in [0, 0.1) is 5.82 Å². The summed E-state index contributed by atoms with van der Waals surface area (Å²) in [6, 6.07) is 8.04. The minimum absolute atomic E-state index is 0.364. The van der Waals surface area contributed by atoms with E-state index in [0.717, 1.165) is 0 Å². The Labute approximate surface area is 113 Å². The van der Waals surface area contributed by atoms with Gasteiger partial charge in [0.15, 0.2) is 0 Å². The van der Waals surface area contributed by atoms with Crippen molar-refractivity contribution in [1.82, 2.24) is 9.38 Å². The van der Waals surface area contributed by atoms with E-state index in [-0.39, 0.29) is 0 Å². The summed E-state index contributed by atoms with van der Waals surface area (Å²) in [5.74, 6) is -0.392. The van der Waals surface area contributed by atoms with Crippen molar-refractivity contribution < 1.29 is 4.39 Å². The summed E-state index contributed by atoms with van der Waals surface area (Å²) in [7, 11) is 0. The summed E-state index contributed by atoms with van der Waals surface area (Å²) in [6.45, 7) is 0. The van der Waals surface area contributed by atoms with Crippen LogP contribution >= 0.6 is 23.2 Å². The molecule has 1 aromatic carbocycles. The van der Waals surface area contributed by atoms with Gasteiger partial charge in [0.1, 0.15) is 11.5 Å². The number of fused-ring (bicyclic) bond motifs is 1. The van der Waals surface area contributed by atoms with Gasteiger partial charge in [0, 0.05) is 23.0 Å². The van der Waals surface area contributed by atoms with Crippen molar-refractivity contribution in [3.63, 3.8) is 0 Å². The molecule has 5 heteroatoms. The highest BCUT2D eigenvalue weighted by Crippen LogP contribution is 2.25. The molecule has 3 aromatic rings. The zero-order chi connectivity index (χ0) is 12.7. The van der Waals surface area contributed by atoms with Gasteiger partial charge in [-0.2, -0.15) is 0 Å². The lowest BCUT2D eigenvalue weighted by molar-refractivity contribution is 0.631. The van der Waals surface area contributed by atoms with E-state index in [0.29, 0.717) is 26.9 Å². The van der Waals surface area contributed by atoms with E-state index in [1.54, 1.807) is 41.1 Å². The maximum absolute atomic E-state index is 13.8. The van der Waals surface area contributed by atoms with Crippen molar-refractivity contribution in [3.05, 3.63) is 58.6 Å². The first-order valence-corrected chi connectivity index (χ1v) is 5.99. The number of hydrogen-bond acceptors (Lipinski definition) is 1. The lowest BCUT2D eigenvalue weighted by Gasteiger charge is -1.98. The van der Waals surface area contributed by atoms with Crippen LogP contribution in [0.3, 0.4) is 0 Å². The molecule has 0 saturated carbocycles. The molecule has 0 spiro atoms. The van der Waals surface area contributed by atoms with Crippen LogP contribution in [0.2, 0.25) is 10.0 Å². The molecule has 2 aromatic heterocycles. The predicted molar refractivity (Wildman–Crippen MR) is 70.6 cm³/mol. The normalized spacial score (nSPS) is 11.1. The Morgan fingerprint density at radius 3 is 2.56 bits per heavy atom. The molecule has 18 heavy (non-hydrogen) atoms. The van der Waals surface area contributed by atoms with Gasteiger partial charge in [-0.05, 0) is 30.3 Å². The molecule has 3 rings (SSSR count). The Morgan fingerprint density at radius 2 is 1.78 bits per heavy atom. The number of rotatable bonds is 1. The molecule has 0 unspecified atom stereocenters. The molecule has 0 bridgehead atoms. The molecule has 0 aliphatic heterocycles. The van der Waals surface area contributed by atoms with Gasteiger partial charge in [-0.25, -0.2) is 9.37 Å². The van der Waals surface area contributed by atoms with Crippen LogP contribution in [0.25, 0.3) is 16.9 Å². The molecule has 2 nitrogen and oxygen atoms in total. The standard InChI is InChI=1S/C13H7Cl2FN2/c14-8-1-3-10(11(16)5-8)12-7-18-6-9(15)2-4-13(18)17-12/h1-7H. The van der Waals surface area contributed by atoms with Crippen LogP contribution in [-0.4, -0.2) is 9.38 Å². The van der Waals surface area contributed by atoms with E-state index in [9.17, 15) is 4.39 Å². The molecule has 0 aliphatic rings. The highest BCUT2D eigenvalue weighted by molar-refractivity contribution is 6.30. The second-order valence-corrected chi connectivity index (χ2v) is 4.74. The third-order valence-corrected chi connectivity index (χ3v) is 3.08. The molecule has 90 valence electrons. The molecule has 0 N–H and O–H groups in total. The first-order chi connectivity index (χ1) is 8.63. The number of nitrogens with zero attached hydrogens (tertiary/aromatic N) is 2. The maximum Gasteiger partial charge on any atom is 0.137 e. The zero-order valence-corrected chi connectivity index (χ0v) is 10.6. The van der Waals surface area contributed by atoms with Crippen LogP contribution in [-0.2, 0) is 0 Å².